The summed E-state index contributed by atoms with van der Waals surface area (Å²) in [6.45, 7) is 17.5. The maximum atomic E-state index is 12.6. The molecule has 0 radical (unpaired) electrons. The fourth-order valence-electron chi connectivity index (χ4n) is 5.38. The third-order valence-electron chi connectivity index (χ3n) is 7.77. The number of amides is 2. The Hall–Kier alpha value is -2.04. The fraction of sp³-hybridized carbons (Fsp3) is 0.692. The van der Waals surface area contributed by atoms with Crippen molar-refractivity contribution in [3.63, 3.8) is 0 Å². The summed E-state index contributed by atoms with van der Waals surface area (Å²) >= 11 is 0. The SMILES string of the molecule is CC(=O)N(C)C(C)(C)C1CC2(CCN(C(=O)OC(C)(C)C)CC2)c2cc(C)c(C)cc21. The Bertz CT molecular complexity index is 873. The van der Waals surface area contributed by atoms with E-state index in [0.717, 1.165) is 19.3 Å². The van der Waals surface area contributed by atoms with Crippen LogP contribution in [0.2, 0.25) is 0 Å². The van der Waals surface area contributed by atoms with E-state index >= 15 is 0 Å². The first-order valence-electron chi connectivity index (χ1n) is 11.5. The van der Waals surface area contributed by atoms with E-state index in [-0.39, 0.29) is 28.9 Å². The number of hydrogen-bond acceptors (Lipinski definition) is 3. The molecule has 0 N–H and O–H groups in total. The van der Waals surface area contributed by atoms with Gasteiger partial charge in [-0.1, -0.05) is 12.1 Å². The van der Waals surface area contributed by atoms with Gasteiger partial charge in [0.25, 0.3) is 0 Å². The molecule has 1 aromatic rings. The van der Waals surface area contributed by atoms with E-state index in [0.29, 0.717) is 13.1 Å². The number of rotatable bonds is 2. The highest BCUT2D eigenvalue weighted by atomic mass is 16.6. The van der Waals surface area contributed by atoms with Gasteiger partial charge in [-0.25, -0.2) is 4.79 Å². The molecule has 2 aliphatic rings. The van der Waals surface area contributed by atoms with Gasteiger partial charge >= 0.3 is 6.09 Å². The van der Waals surface area contributed by atoms with Crippen molar-refractivity contribution in [3.05, 3.63) is 34.4 Å². The average molecular weight is 429 g/mol. The maximum Gasteiger partial charge on any atom is 0.410 e. The number of piperidine rings is 1. The van der Waals surface area contributed by atoms with Gasteiger partial charge in [-0.2, -0.15) is 0 Å². The van der Waals surface area contributed by atoms with Crippen LogP contribution in [0.4, 0.5) is 4.79 Å². The lowest BCUT2D eigenvalue weighted by atomic mass is 9.71. The second kappa shape index (κ2) is 7.83. The van der Waals surface area contributed by atoms with Gasteiger partial charge in [-0.15, -0.1) is 0 Å². The molecule has 1 spiro atoms. The van der Waals surface area contributed by atoms with E-state index in [4.69, 9.17) is 4.74 Å². The second-order valence-corrected chi connectivity index (χ2v) is 11.3. The van der Waals surface area contributed by atoms with Gasteiger partial charge in [0.1, 0.15) is 5.60 Å². The van der Waals surface area contributed by atoms with Crippen molar-refractivity contribution >= 4 is 12.0 Å². The van der Waals surface area contributed by atoms with Gasteiger partial charge < -0.3 is 14.5 Å². The molecule has 1 aliphatic carbocycles. The summed E-state index contributed by atoms with van der Waals surface area (Å²) in [5, 5.41) is 0. The molecule has 1 heterocycles. The highest BCUT2D eigenvalue weighted by Crippen LogP contribution is 2.56. The molecule has 0 bridgehead atoms. The third kappa shape index (κ3) is 4.33. The summed E-state index contributed by atoms with van der Waals surface area (Å²) < 4.78 is 5.61. The number of ether oxygens (including phenoxy) is 1. The van der Waals surface area contributed by atoms with Crippen LogP contribution in [0, 0.1) is 13.8 Å². The number of carbonyl (C=O) groups is 2. The lowest BCUT2D eigenvalue weighted by Gasteiger charge is -2.43. The first kappa shape index (κ1) is 23.6. The van der Waals surface area contributed by atoms with E-state index in [2.05, 4.69) is 39.8 Å². The Morgan fingerprint density at radius 3 is 2.13 bits per heavy atom. The quantitative estimate of drug-likeness (QED) is 0.641. The van der Waals surface area contributed by atoms with Gasteiger partial charge in [-0.05, 0) is 95.4 Å². The van der Waals surface area contributed by atoms with Crippen LogP contribution in [0.1, 0.15) is 89.0 Å². The minimum atomic E-state index is -0.479. The van der Waals surface area contributed by atoms with E-state index in [1.807, 2.05) is 37.6 Å². The highest BCUT2D eigenvalue weighted by Gasteiger charge is 2.51. The summed E-state index contributed by atoms with van der Waals surface area (Å²) in [5.41, 5.74) is 4.70. The van der Waals surface area contributed by atoms with Gasteiger partial charge in [0.2, 0.25) is 5.91 Å². The Labute approximate surface area is 188 Å². The molecule has 1 saturated heterocycles. The Morgan fingerprint density at radius 1 is 1.06 bits per heavy atom. The molecular formula is C26H40N2O3. The van der Waals surface area contributed by atoms with Crippen molar-refractivity contribution in [1.82, 2.24) is 9.80 Å². The van der Waals surface area contributed by atoms with Crippen molar-refractivity contribution in [2.24, 2.45) is 0 Å². The molecule has 1 atom stereocenters. The Balaban J connectivity index is 1.93. The number of carbonyl (C=O) groups excluding carboxylic acids is 2. The van der Waals surface area contributed by atoms with Crippen LogP contribution in [0.15, 0.2) is 12.1 Å². The monoisotopic (exact) mass is 428 g/mol. The van der Waals surface area contributed by atoms with E-state index in [1.54, 1.807) is 6.92 Å². The summed E-state index contributed by atoms with van der Waals surface area (Å²) in [4.78, 5) is 28.6. The molecule has 2 amide bonds. The molecule has 0 aromatic heterocycles. The molecule has 172 valence electrons. The van der Waals surface area contributed by atoms with Crippen molar-refractivity contribution < 1.29 is 14.3 Å². The number of nitrogens with zero attached hydrogens (tertiary/aromatic N) is 2. The molecule has 0 saturated carbocycles. The van der Waals surface area contributed by atoms with Crippen LogP contribution in [-0.4, -0.2) is 53.1 Å². The molecule has 31 heavy (non-hydrogen) atoms. The molecule has 5 heteroatoms. The summed E-state index contributed by atoms with van der Waals surface area (Å²) in [6, 6.07) is 4.72. The summed E-state index contributed by atoms with van der Waals surface area (Å²) in [6.07, 6.45) is 2.66. The molecule has 1 aromatic carbocycles. The van der Waals surface area contributed by atoms with Crippen LogP contribution in [0.3, 0.4) is 0 Å². The highest BCUT2D eigenvalue weighted by molar-refractivity contribution is 5.74. The number of aryl methyl sites for hydroxylation is 2. The van der Waals surface area contributed by atoms with Crippen LogP contribution in [0.5, 0.6) is 0 Å². The smallest absolute Gasteiger partial charge is 0.410 e. The van der Waals surface area contributed by atoms with Crippen molar-refractivity contribution in [2.45, 2.75) is 97.1 Å². The molecular weight excluding hydrogens is 388 g/mol. The van der Waals surface area contributed by atoms with E-state index < -0.39 is 5.60 Å². The minimum Gasteiger partial charge on any atom is -0.444 e. The predicted octanol–water partition coefficient (Wildman–Crippen LogP) is 5.32. The molecule has 1 unspecified atom stereocenters. The summed E-state index contributed by atoms with van der Waals surface area (Å²) in [7, 11) is 1.92. The number of benzene rings is 1. The number of fused-ring (bicyclic) bond motifs is 2. The van der Waals surface area contributed by atoms with Crippen LogP contribution in [0.25, 0.3) is 0 Å². The van der Waals surface area contributed by atoms with Gasteiger partial charge in [-0.3, -0.25) is 4.79 Å². The third-order valence-corrected chi connectivity index (χ3v) is 7.77. The van der Waals surface area contributed by atoms with Crippen molar-refractivity contribution in [3.8, 4) is 0 Å². The number of hydrogen-bond donors (Lipinski definition) is 0. The van der Waals surface area contributed by atoms with Crippen molar-refractivity contribution in [1.29, 1.82) is 0 Å². The Kier molecular flexibility index (Phi) is 5.96. The average Bonchev–Trinajstić information content (AvgIpc) is 2.94. The predicted molar refractivity (Wildman–Crippen MR) is 125 cm³/mol. The fourth-order valence-corrected chi connectivity index (χ4v) is 5.38. The van der Waals surface area contributed by atoms with Gasteiger partial charge in [0.05, 0.1) is 0 Å². The number of likely N-dealkylation sites (N-methyl/N-ethyl adjacent to an activating group) is 1. The second-order valence-electron chi connectivity index (χ2n) is 11.3. The molecule has 1 aliphatic heterocycles. The van der Waals surface area contributed by atoms with Crippen LogP contribution >= 0.6 is 0 Å². The zero-order chi connectivity index (χ0) is 23.4. The minimum absolute atomic E-state index is 0.0475. The largest absolute Gasteiger partial charge is 0.444 e. The molecule has 1 fully saturated rings. The standard InChI is InChI=1S/C26H40N2O3/c1-17-14-20-21(15-18(17)2)26(16-22(20)25(7,8)27(9)19(3)29)10-12-28(13-11-26)23(30)31-24(4,5)6/h14-15,22H,10-13,16H2,1-9H3. The first-order valence-corrected chi connectivity index (χ1v) is 11.5. The van der Waals surface area contributed by atoms with E-state index in [1.165, 1.54) is 22.3 Å². The lowest BCUT2D eigenvalue weighted by molar-refractivity contribution is -0.133. The van der Waals surface area contributed by atoms with Crippen molar-refractivity contribution in [2.75, 3.05) is 20.1 Å². The molecule has 5 nitrogen and oxygen atoms in total. The van der Waals surface area contributed by atoms with E-state index in [9.17, 15) is 9.59 Å². The first-order chi connectivity index (χ1) is 14.2. The van der Waals surface area contributed by atoms with Crippen LogP contribution in [-0.2, 0) is 14.9 Å². The zero-order valence-electron chi connectivity index (χ0n) is 20.9. The number of likely N-dealkylation sites (tertiary alicyclic amines) is 1. The Morgan fingerprint density at radius 2 is 1.61 bits per heavy atom. The zero-order valence-corrected chi connectivity index (χ0v) is 20.9. The topological polar surface area (TPSA) is 49.9 Å². The normalized spacial score (nSPS) is 20.5. The maximum absolute atomic E-state index is 12.6. The lowest BCUT2D eigenvalue weighted by Crippen LogP contribution is -2.49. The molecule has 3 rings (SSSR count). The summed E-state index contributed by atoms with van der Waals surface area (Å²) in [5.74, 6) is 0.361. The van der Waals surface area contributed by atoms with Crippen LogP contribution < -0.4 is 0 Å². The van der Waals surface area contributed by atoms with Gasteiger partial charge in [0.15, 0.2) is 0 Å². The van der Waals surface area contributed by atoms with Gasteiger partial charge in [0, 0.05) is 38.5 Å².